The van der Waals surface area contributed by atoms with Gasteiger partial charge in [-0.3, -0.25) is 0 Å². The van der Waals surface area contributed by atoms with Gasteiger partial charge in [0.05, 0.1) is 5.60 Å². The van der Waals surface area contributed by atoms with E-state index in [0.29, 0.717) is 24.1 Å². The number of nitrogens with two attached hydrogens (primary N) is 1. The topological polar surface area (TPSA) is 66.5 Å². The highest BCUT2D eigenvalue weighted by Crippen LogP contribution is 2.43. The van der Waals surface area contributed by atoms with E-state index in [-0.39, 0.29) is 5.75 Å². The minimum Gasteiger partial charge on any atom is -0.507 e. The summed E-state index contributed by atoms with van der Waals surface area (Å²) in [5.41, 5.74) is 5.90. The average Bonchev–Trinajstić information content (AvgIpc) is 2.18. The van der Waals surface area contributed by atoms with E-state index in [1.54, 1.807) is 18.2 Å². The molecule has 1 aromatic rings. The van der Waals surface area contributed by atoms with E-state index in [4.69, 9.17) is 5.73 Å². The predicted molar refractivity (Wildman–Crippen MR) is 59.5 cm³/mol. The summed E-state index contributed by atoms with van der Waals surface area (Å²) in [5.74, 6) is 0.111. The van der Waals surface area contributed by atoms with E-state index in [9.17, 15) is 10.2 Å². The zero-order valence-corrected chi connectivity index (χ0v) is 8.74. The highest BCUT2D eigenvalue weighted by Gasteiger charge is 2.34. The Bertz CT molecular complexity index is 336. The van der Waals surface area contributed by atoms with Gasteiger partial charge in [-0.15, -0.1) is 0 Å². The van der Waals surface area contributed by atoms with Crippen LogP contribution < -0.4 is 5.73 Å². The molecule has 2 rings (SSSR count). The Morgan fingerprint density at radius 2 is 1.80 bits per heavy atom. The summed E-state index contributed by atoms with van der Waals surface area (Å²) in [6.45, 7) is 0. The molecule has 15 heavy (non-hydrogen) atoms. The van der Waals surface area contributed by atoms with Crippen molar-refractivity contribution in [1.29, 1.82) is 0 Å². The van der Waals surface area contributed by atoms with Crippen molar-refractivity contribution < 1.29 is 10.2 Å². The number of benzene rings is 1. The molecule has 0 unspecified atom stereocenters. The predicted octanol–water partition coefficient (Wildman–Crippen LogP) is 2.13. The third-order valence-electron chi connectivity index (χ3n) is 3.22. The number of aromatic hydroxyl groups is 1. The number of phenols is 1. The molecule has 82 valence electrons. The molecule has 1 fully saturated rings. The highest BCUT2D eigenvalue weighted by atomic mass is 16.3. The van der Waals surface area contributed by atoms with Crippen molar-refractivity contribution in [3.05, 3.63) is 23.8 Å². The summed E-state index contributed by atoms with van der Waals surface area (Å²) >= 11 is 0. The third kappa shape index (κ3) is 1.79. The van der Waals surface area contributed by atoms with Gasteiger partial charge in [-0.25, -0.2) is 0 Å². The van der Waals surface area contributed by atoms with Crippen LogP contribution >= 0.6 is 0 Å². The van der Waals surface area contributed by atoms with Crippen molar-refractivity contribution >= 4 is 5.69 Å². The van der Waals surface area contributed by atoms with Gasteiger partial charge in [0.2, 0.25) is 0 Å². The maximum absolute atomic E-state index is 10.5. The van der Waals surface area contributed by atoms with Crippen LogP contribution in [0.25, 0.3) is 0 Å². The summed E-state index contributed by atoms with van der Waals surface area (Å²) in [6.07, 6.45) is 4.51. The number of aliphatic hydroxyl groups is 1. The van der Waals surface area contributed by atoms with Crippen molar-refractivity contribution in [2.45, 2.75) is 37.7 Å². The summed E-state index contributed by atoms with van der Waals surface area (Å²) in [7, 11) is 0. The molecule has 3 nitrogen and oxygen atoms in total. The summed E-state index contributed by atoms with van der Waals surface area (Å²) in [6, 6.07) is 5.00. The van der Waals surface area contributed by atoms with Gasteiger partial charge < -0.3 is 15.9 Å². The van der Waals surface area contributed by atoms with Crippen LogP contribution in [0.3, 0.4) is 0 Å². The van der Waals surface area contributed by atoms with Gasteiger partial charge in [0.15, 0.2) is 0 Å². The fraction of sp³-hybridized carbons (Fsp3) is 0.500. The van der Waals surface area contributed by atoms with E-state index in [0.717, 1.165) is 19.3 Å². The molecule has 4 N–H and O–H groups in total. The normalized spacial score (nSPS) is 20.1. The average molecular weight is 207 g/mol. The number of phenolic OH excluding ortho intramolecular Hbond substituents is 1. The van der Waals surface area contributed by atoms with E-state index in [2.05, 4.69) is 0 Å². The van der Waals surface area contributed by atoms with Crippen molar-refractivity contribution in [3.8, 4) is 5.75 Å². The van der Waals surface area contributed by atoms with Crippen molar-refractivity contribution in [2.75, 3.05) is 5.73 Å². The Labute approximate surface area is 89.5 Å². The van der Waals surface area contributed by atoms with Gasteiger partial charge in [0, 0.05) is 11.3 Å². The summed E-state index contributed by atoms with van der Waals surface area (Å²) in [4.78, 5) is 0. The maximum Gasteiger partial charge on any atom is 0.123 e. The van der Waals surface area contributed by atoms with Gasteiger partial charge in [-0.1, -0.05) is 25.3 Å². The van der Waals surface area contributed by atoms with E-state index in [1.807, 2.05) is 0 Å². The lowest BCUT2D eigenvalue weighted by atomic mass is 9.78. The van der Waals surface area contributed by atoms with Crippen LogP contribution in [0, 0.1) is 0 Å². The lowest BCUT2D eigenvalue weighted by Gasteiger charge is -2.33. The molecule has 0 bridgehead atoms. The van der Waals surface area contributed by atoms with Gasteiger partial charge in [-0.05, 0) is 25.0 Å². The Morgan fingerprint density at radius 3 is 2.40 bits per heavy atom. The molecule has 0 atom stereocenters. The molecule has 1 saturated carbocycles. The molecular formula is C12H17NO2. The van der Waals surface area contributed by atoms with Crippen LogP contribution in [0.15, 0.2) is 18.2 Å². The minimum atomic E-state index is -0.923. The molecule has 1 aliphatic rings. The molecule has 0 aliphatic heterocycles. The quantitative estimate of drug-likeness (QED) is 0.618. The summed E-state index contributed by atoms with van der Waals surface area (Å²) < 4.78 is 0. The molecule has 1 aromatic carbocycles. The van der Waals surface area contributed by atoms with Crippen molar-refractivity contribution in [3.63, 3.8) is 0 Å². The lowest BCUT2D eigenvalue weighted by molar-refractivity contribution is -0.00178. The first-order valence-electron chi connectivity index (χ1n) is 5.44. The maximum atomic E-state index is 10.5. The van der Waals surface area contributed by atoms with E-state index >= 15 is 0 Å². The first kappa shape index (κ1) is 10.3. The van der Waals surface area contributed by atoms with Crippen LogP contribution in [0.5, 0.6) is 5.75 Å². The van der Waals surface area contributed by atoms with Crippen LogP contribution in [0.2, 0.25) is 0 Å². The van der Waals surface area contributed by atoms with Crippen molar-refractivity contribution in [1.82, 2.24) is 0 Å². The first-order valence-corrected chi connectivity index (χ1v) is 5.44. The van der Waals surface area contributed by atoms with Gasteiger partial charge in [0.25, 0.3) is 0 Å². The van der Waals surface area contributed by atoms with Crippen LogP contribution in [0.4, 0.5) is 5.69 Å². The highest BCUT2D eigenvalue weighted by molar-refractivity contribution is 5.56. The number of nitrogen functional groups attached to an aromatic ring is 1. The molecule has 0 amide bonds. The van der Waals surface area contributed by atoms with E-state index < -0.39 is 5.60 Å². The second kappa shape index (κ2) is 3.74. The van der Waals surface area contributed by atoms with Crippen LogP contribution in [-0.2, 0) is 5.60 Å². The number of rotatable bonds is 1. The second-order valence-electron chi connectivity index (χ2n) is 4.33. The largest absolute Gasteiger partial charge is 0.507 e. The fourth-order valence-corrected chi connectivity index (χ4v) is 2.45. The van der Waals surface area contributed by atoms with E-state index in [1.165, 1.54) is 0 Å². The molecular weight excluding hydrogens is 190 g/mol. The third-order valence-corrected chi connectivity index (χ3v) is 3.22. The Morgan fingerprint density at radius 1 is 1.13 bits per heavy atom. The Hall–Kier alpha value is -1.22. The fourth-order valence-electron chi connectivity index (χ4n) is 2.45. The molecule has 0 saturated heterocycles. The van der Waals surface area contributed by atoms with Crippen LogP contribution in [-0.4, -0.2) is 10.2 Å². The molecule has 3 heteroatoms. The molecule has 0 heterocycles. The SMILES string of the molecule is Nc1cccc(O)c1C1(O)CCCCC1. The molecule has 0 spiro atoms. The zero-order valence-electron chi connectivity index (χ0n) is 8.74. The second-order valence-corrected chi connectivity index (χ2v) is 4.33. The molecule has 0 radical (unpaired) electrons. The van der Waals surface area contributed by atoms with Gasteiger partial charge in [0.1, 0.15) is 5.75 Å². The number of hydrogen-bond donors (Lipinski definition) is 3. The number of anilines is 1. The lowest BCUT2D eigenvalue weighted by Crippen LogP contribution is -2.29. The monoisotopic (exact) mass is 207 g/mol. The molecule has 0 aromatic heterocycles. The Balaban J connectivity index is 2.42. The minimum absolute atomic E-state index is 0.111. The molecule has 1 aliphatic carbocycles. The van der Waals surface area contributed by atoms with Crippen molar-refractivity contribution in [2.24, 2.45) is 0 Å². The zero-order chi connectivity index (χ0) is 10.9. The van der Waals surface area contributed by atoms with Crippen LogP contribution in [0.1, 0.15) is 37.7 Å². The standard InChI is InChI=1S/C12H17NO2/c13-9-5-4-6-10(14)11(9)12(15)7-2-1-3-8-12/h4-6,14-15H,1-3,7-8,13H2. The summed E-state index contributed by atoms with van der Waals surface area (Å²) in [5, 5.41) is 20.2. The number of hydrogen-bond acceptors (Lipinski definition) is 3. The Kier molecular flexibility index (Phi) is 2.57. The smallest absolute Gasteiger partial charge is 0.123 e. The first-order chi connectivity index (χ1) is 7.13. The van der Waals surface area contributed by atoms with Gasteiger partial charge in [-0.2, -0.15) is 0 Å². The van der Waals surface area contributed by atoms with Gasteiger partial charge >= 0.3 is 0 Å².